The first kappa shape index (κ1) is 24.9. The van der Waals surface area contributed by atoms with Crippen LogP contribution in [0.1, 0.15) is 32.4 Å². The molecule has 0 bridgehead atoms. The summed E-state index contributed by atoms with van der Waals surface area (Å²) in [5, 5.41) is 0.0215. The molecule has 2 heterocycles. The zero-order chi connectivity index (χ0) is 25.4. The molecule has 0 saturated heterocycles. The smallest absolute Gasteiger partial charge is 0.477 e. The molecule has 0 amide bonds. The molecular formula is C21H20F3NO9. The van der Waals surface area contributed by atoms with Crippen molar-refractivity contribution in [1.82, 2.24) is 4.57 Å². The van der Waals surface area contributed by atoms with Gasteiger partial charge in [-0.2, -0.15) is 0 Å². The summed E-state index contributed by atoms with van der Waals surface area (Å²) in [4.78, 5) is 48.1. The number of fused-ring (bicyclic) bond motifs is 3. The summed E-state index contributed by atoms with van der Waals surface area (Å²) in [5.74, 6) is -3.31. The molecule has 1 aromatic carbocycles. The van der Waals surface area contributed by atoms with Crippen molar-refractivity contribution in [3.63, 3.8) is 0 Å². The molecule has 0 saturated carbocycles. The molecule has 1 aliphatic heterocycles. The number of pyridine rings is 1. The fourth-order valence-corrected chi connectivity index (χ4v) is 3.66. The van der Waals surface area contributed by atoms with Crippen LogP contribution in [0.15, 0.2) is 23.0 Å². The van der Waals surface area contributed by atoms with Crippen LogP contribution in [0.4, 0.5) is 13.2 Å². The fourth-order valence-electron chi connectivity index (χ4n) is 3.66. The summed E-state index contributed by atoms with van der Waals surface area (Å²) in [5.41, 5.74) is -0.663. The van der Waals surface area contributed by atoms with Crippen LogP contribution in [0.3, 0.4) is 0 Å². The van der Waals surface area contributed by atoms with Crippen molar-refractivity contribution in [2.75, 3.05) is 6.61 Å². The highest BCUT2D eigenvalue weighted by Gasteiger charge is 2.46. The molecule has 0 unspecified atom stereocenters. The van der Waals surface area contributed by atoms with Crippen molar-refractivity contribution in [2.45, 2.75) is 45.4 Å². The van der Waals surface area contributed by atoms with E-state index in [0.717, 1.165) is 37.5 Å². The highest BCUT2D eigenvalue weighted by atomic mass is 19.4. The minimum Gasteiger partial charge on any atom is -0.477 e. The number of ether oxygens (including phenoxy) is 5. The number of carbonyl (C=O) groups excluding carboxylic acids is 3. The Morgan fingerprint density at radius 1 is 1.06 bits per heavy atom. The van der Waals surface area contributed by atoms with Gasteiger partial charge in [-0.3, -0.25) is 19.2 Å². The predicted molar refractivity (Wildman–Crippen MR) is 107 cm³/mol. The van der Waals surface area contributed by atoms with E-state index in [2.05, 4.69) is 4.74 Å². The number of nitrogens with zero attached hydrogens (tertiary/aromatic N) is 1. The van der Waals surface area contributed by atoms with Crippen LogP contribution in [-0.4, -0.2) is 47.7 Å². The lowest BCUT2D eigenvalue weighted by Gasteiger charge is -2.38. The molecule has 3 atom stereocenters. The van der Waals surface area contributed by atoms with E-state index in [9.17, 15) is 32.3 Å². The molecule has 1 aromatic heterocycles. The molecule has 2 aromatic rings. The van der Waals surface area contributed by atoms with Crippen LogP contribution >= 0.6 is 0 Å². The van der Waals surface area contributed by atoms with Crippen LogP contribution in [0.2, 0.25) is 0 Å². The number of aromatic nitrogens is 1. The lowest BCUT2D eigenvalue weighted by atomic mass is 9.92. The summed E-state index contributed by atoms with van der Waals surface area (Å²) in [6.07, 6.45) is -9.11. The average molecular weight is 487 g/mol. The lowest BCUT2D eigenvalue weighted by molar-refractivity contribution is -0.274. The number of halogens is 3. The maximum atomic E-state index is 13.1. The number of alkyl halides is 3. The first-order valence-corrected chi connectivity index (χ1v) is 9.85. The van der Waals surface area contributed by atoms with Gasteiger partial charge in [0.1, 0.15) is 12.4 Å². The number of benzene rings is 1. The first-order chi connectivity index (χ1) is 15.8. The largest absolute Gasteiger partial charge is 0.573 e. The molecule has 34 heavy (non-hydrogen) atoms. The molecule has 184 valence electrons. The van der Waals surface area contributed by atoms with E-state index in [1.54, 1.807) is 0 Å². The number of hydrogen-bond donors (Lipinski definition) is 0. The Hall–Kier alpha value is -3.77. The van der Waals surface area contributed by atoms with Crippen LogP contribution in [-0.2, 0) is 35.6 Å². The molecule has 0 fully saturated rings. The second-order valence-electron chi connectivity index (χ2n) is 7.40. The highest BCUT2D eigenvalue weighted by Crippen LogP contribution is 2.42. The topological polar surface area (TPSA) is 119 Å². The van der Waals surface area contributed by atoms with Crippen molar-refractivity contribution >= 4 is 28.8 Å². The van der Waals surface area contributed by atoms with Gasteiger partial charge in [0.15, 0.2) is 24.1 Å². The Balaban J connectivity index is 2.30. The third kappa shape index (κ3) is 5.24. The Labute approximate surface area is 190 Å². The lowest BCUT2D eigenvalue weighted by Crippen LogP contribution is -2.49. The van der Waals surface area contributed by atoms with E-state index < -0.39 is 60.5 Å². The molecule has 10 nitrogen and oxygen atoms in total. The molecule has 13 heteroatoms. The maximum Gasteiger partial charge on any atom is 0.573 e. The van der Waals surface area contributed by atoms with E-state index >= 15 is 0 Å². The third-order valence-electron chi connectivity index (χ3n) is 4.86. The number of hydrogen-bond acceptors (Lipinski definition) is 9. The summed E-state index contributed by atoms with van der Waals surface area (Å²) in [6, 6.07) is 3.23. The van der Waals surface area contributed by atoms with Gasteiger partial charge in [0, 0.05) is 33.2 Å². The van der Waals surface area contributed by atoms with Gasteiger partial charge in [0.2, 0.25) is 0 Å². The molecule has 0 spiro atoms. The number of rotatable bonds is 5. The first-order valence-electron chi connectivity index (χ1n) is 9.85. The minimum atomic E-state index is -4.99. The molecule has 0 radical (unpaired) electrons. The van der Waals surface area contributed by atoms with Crippen molar-refractivity contribution in [1.29, 1.82) is 0 Å². The van der Waals surface area contributed by atoms with Gasteiger partial charge in [-0.25, -0.2) is 0 Å². The van der Waals surface area contributed by atoms with Crippen LogP contribution in [0.25, 0.3) is 10.9 Å². The highest BCUT2D eigenvalue weighted by molar-refractivity contribution is 5.87. The van der Waals surface area contributed by atoms with Crippen molar-refractivity contribution in [3.05, 3.63) is 34.1 Å². The van der Waals surface area contributed by atoms with E-state index in [0.29, 0.717) is 0 Å². The number of aryl methyl sites for hydroxylation is 1. The van der Waals surface area contributed by atoms with Gasteiger partial charge in [-0.05, 0) is 18.2 Å². The van der Waals surface area contributed by atoms with Crippen LogP contribution in [0, 0.1) is 0 Å². The molecule has 0 N–H and O–H groups in total. The van der Waals surface area contributed by atoms with Gasteiger partial charge in [-0.15, -0.1) is 13.2 Å². The van der Waals surface area contributed by atoms with Gasteiger partial charge in [0.05, 0.1) is 11.1 Å². The zero-order valence-corrected chi connectivity index (χ0v) is 18.4. The second-order valence-corrected chi connectivity index (χ2v) is 7.40. The third-order valence-corrected chi connectivity index (χ3v) is 4.86. The van der Waals surface area contributed by atoms with Gasteiger partial charge < -0.3 is 28.3 Å². The van der Waals surface area contributed by atoms with Crippen molar-refractivity contribution < 1.29 is 51.2 Å². The quantitative estimate of drug-likeness (QED) is 0.462. The summed E-state index contributed by atoms with van der Waals surface area (Å²) in [7, 11) is 1.36. The summed E-state index contributed by atoms with van der Waals surface area (Å²) in [6.45, 7) is 2.78. The predicted octanol–water partition coefficient (Wildman–Crippen LogP) is 2.30. The molecule has 3 rings (SSSR count). The fraction of sp³-hybridized carbons (Fsp3) is 0.429. The van der Waals surface area contributed by atoms with E-state index in [-0.39, 0.29) is 22.2 Å². The number of carbonyl (C=O) groups is 3. The average Bonchev–Trinajstić information content (AvgIpc) is 2.70. The Kier molecular flexibility index (Phi) is 6.75. The van der Waals surface area contributed by atoms with E-state index in [1.807, 2.05) is 0 Å². The second kappa shape index (κ2) is 9.23. The van der Waals surface area contributed by atoms with Gasteiger partial charge >= 0.3 is 24.3 Å². The van der Waals surface area contributed by atoms with Crippen molar-refractivity contribution in [2.24, 2.45) is 7.05 Å². The van der Waals surface area contributed by atoms with Gasteiger partial charge in [-0.1, -0.05) is 0 Å². The summed E-state index contributed by atoms with van der Waals surface area (Å²) < 4.78 is 64.8. The van der Waals surface area contributed by atoms with E-state index in [4.69, 9.17) is 18.9 Å². The van der Waals surface area contributed by atoms with Gasteiger partial charge in [0.25, 0.3) is 5.56 Å². The van der Waals surface area contributed by atoms with Crippen molar-refractivity contribution in [3.8, 4) is 11.5 Å². The SMILES string of the molecule is CC(=O)OC[C@H]1Oc2c(c3cc(OC(F)(F)F)ccc3n(C)c2=O)[C@@H](OC(C)=O)[C@@H]1OC(C)=O. The standard InChI is InChI=1S/C21H20F3NO9/c1-9(26)30-8-15-17(31-10(2)27)18(32-11(3)28)16-13-7-12(34-21(22,23)24)5-6-14(13)25(4)20(29)19(16)33-15/h5-7,15,17-18H,8H2,1-4H3/t15-,17-,18-/m1/s1. The Morgan fingerprint density at radius 3 is 2.26 bits per heavy atom. The molecular weight excluding hydrogens is 467 g/mol. The van der Waals surface area contributed by atoms with E-state index in [1.165, 1.54) is 13.1 Å². The molecule has 1 aliphatic rings. The monoisotopic (exact) mass is 487 g/mol. The Bertz CT molecular complexity index is 1200. The molecule has 0 aliphatic carbocycles. The van der Waals surface area contributed by atoms with Crippen LogP contribution < -0.4 is 15.0 Å². The number of esters is 3. The Morgan fingerprint density at radius 2 is 1.71 bits per heavy atom. The zero-order valence-electron chi connectivity index (χ0n) is 18.4. The maximum absolute atomic E-state index is 13.1. The summed E-state index contributed by atoms with van der Waals surface area (Å²) >= 11 is 0. The van der Waals surface area contributed by atoms with Crippen LogP contribution in [0.5, 0.6) is 11.5 Å². The normalized spacial score (nSPS) is 19.6. The minimum absolute atomic E-state index is 0.0215.